The first kappa shape index (κ1) is 12.8. The molecule has 0 saturated heterocycles. The Hall–Kier alpha value is -1.31. The van der Waals surface area contributed by atoms with E-state index in [0.717, 1.165) is 30.8 Å². The van der Waals surface area contributed by atoms with Crippen molar-refractivity contribution in [2.45, 2.75) is 46.2 Å². The van der Waals surface area contributed by atoms with E-state index in [9.17, 15) is 0 Å². The van der Waals surface area contributed by atoms with Crippen LogP contribution in [0.2, 0.25) is 0 Å². The lowest BCUT2D eigenvalue weighted by atomic mass is 10.1. The molecule has 88 valence electrons. The van der Waals surface area contributed by atoms with Crippen molar-refractivity contribution in [1.29, 1.82) is 0 Å². The highest BCUT2D eigenvalue weighted by atomic mass is 15.3. The summed E-state index contributed by atoms with van der Waals surface area (Å²) >= 11 is 0. The maximum absolute atomic E-state index is 5.58. The van der Waals surface area contributed by atoms with Crippen molar-refractivity contribution in [3.63, 3.8) is 0 Å². The van der Waals surface area contributed by atoms with Crippen LogP contribution in [0.5, 0.6) is 0 Å². The standard InChI is InChI=1S/C12H20N4/c1-4-6-7-8-11(14-13)12-9-10(3)15-16(12)5-2/h9,11,14H,5,7-8,13H2,1-3H3. The van der Waals surface area contributed by atoms with Crippen LogP contribution in [0, 0.1) is 18.8 Å². The second-order valence-corrected chi connectivity index (χ2v) is 3.71. The SMILES string of the molecule is CC#CCCC(NN)c1cc(C)nn1CC. The second-order valence-electron chi connectivity index (χ2n) is 3.71. The zero-order valence-corrected chi connectivity index (χ0v) is 10.2. The third-order valence-electron chi connectivity index (χ3n) is 2.53. The Labute approximate surface area is 97.2 Å². The largest absolute Gasteiger partial charge is 0.271 e. The fourth-order valence-electron chi connectivity index (χ4n) is 1.76. The summed E-state index contributed by atoms with van der Waals surface area (Å²) in [4.78, 5) is 0. The molecule has 1 rings (SSSR count). The van der Waals surface area contributed by atoms with Gasteiger partial charge in [-0.2, -0.15) is 5.10 Å². The summed E-state index contributed by atoms with van der Waals surface area (Å²) in [6.45, 7) is 6.79. The monoisotopic (exact) mass is 220 g/mol. The fourth-order valence-corrected chi connectivity index (χ4v) is 1.76. The van der Waals surface area contributed by atoms with Crippen molar-refractivity contribution in [3.8, 4) is 11.8 Å². The van der Waals surface area contributed by atoms with Crippen LogP contribution in [0.3, 0.4) is 0 Å². The number of aryl methyl sites for hydroxylation is 2. The molecule has 0 fully saturated rings. The predicted octanol–water partition coefficient (Wildman–Crippen LogP) is 1.52. The van der Waals surface area contributed by atoms with E-state index in [-0.39, 0.29) is 6.04 Å². The van der Waals surface area contributed by atoms with Crippen molar-refractivity contribution >= 4 is 0 Å². The van der Waals surface area contributed by atoms with Crippen LogP contribution in [0.4, 0.5) is 0 Å². The van der Waals surface area contributed by atoms with Crippen molar-refractivity contribution in [2.75, 3.05) is 0 Å². The van der Waals surface area contributed by atoms with E-state index in [0.29, 0.717) is 0 Å². The van der Waals surface area contributed by atoms with Gasteiger partial charge in [0.2, 0.25) is 0 Å². The minimum absolute atomic E-state index is 0.127. The molecule has 1 unspecified atom stereocenters. The van der Waals surface area contributed by atoms with E-state index in [1.807, 2.05) is 18.5 Å². The molecule has 16 heavy (non-hydrogen) atoms. The summed E-state index contributed by atoms with van der Waals surface area (Å²) in [6.07, 6.45) is 1.75. The van der Waals surface area contributed by atoms with Gasteiger partial charge in [-0.25, -0.2) is 0 Å². The minimum atomic E-state index is 0.127. The van der Waals surface area contributed by atoms with Gasteiger partial charge in [-0.15, -0.1) is 11.8 Å². The number of rotatable bonds is 5. The fraction of sp³-hybridized carbons (Fsp3) is 0.583. The van der Waals surface area contributed by atoms with Gasteiger partial charge in [0.05, 0.1) is 17.4 Å². The highest BCUT2D eigenvalue weighted by molar-refractivity contribution is 5.13. The topological polar surface area (TPSA) is 55.9 Å². The van der Waals surface area contributed by atoms with E-state index in [1.54, 1.807) is 0 Å². The lowest BCUT2D eigenvalue weighted by molar-refractivity contribution is 0.471. The minimum Gasteiger partial charge on any atom is -0.271 e. The van der Waals surface area contributed by atoms with Crippen LogP contribution in [-0.2, 0) is 6.54 Å². The summed E-state index contributed by atoms with van der Waals surface area (Å²) < 4.78 is 1.99. The maximum atomic E-state index is 5.58. The summed E-state index contributed by atoms with van der Waals surface area (Å²) in [6, 6.07) is 2.20. The van der Waals surface area contributed by atoms with E-state index in [1.165, 1.54) is 0 Å². The Morgan fingerprint density at radius 1 is 1.62 bits per heavy atom. The molecule has 1 atom stereocenters. The Bertz CT molecular complexity index is 383. The van der Waals surface area contributed by atoms with Crippen LogP contribution in [0.15, 0.2) is 6.07 Å². The van der Waals surface area contributed by atoms with Gasteiger partial charge in [0.1, 0.15) is 0 Å². The molecule has 4 heteroatoms. The van der Waals surface area contributed by atoms with Crippen LogP contribution >= 0.6 is 0 Å². The van der Waals surface area contributed by atoms with Crippen molar-refractivity contribution in [3.05, 3.63) is 17.5 Å². The maximum Gasteiger partial charge on any atom is 0.0638 e. The number of hydrogen-bond donors (Lipinski definition) is 2. The lowest BCUT2D eigenvalue weighted by Gasteiger charge is -2.15. The van der Waals surface area contributed by atoms with Gasteiger partial charge in [0, 0.05) is 13.0 Å². The molecular formula is C12H20N4. The number of hydrazine groups is 1. The van der Waals surface area contributed by atoms with Gasteiger partial charge in [-0.3, -0.25) is 16.0 Å². The Balaban J connectivity index is 2.79. The smallest absolute Gasteiger partial charge is 0.0638 e. The molecule has 1 aromatic heterocycles. The highest BCUT2D eigenvalue weighted by Gasteiger charge is 2.14. The molecule has 0 aromatic carbocycles. The molecule has 3 N–H and O–H groups in total. The Kier molecular flexibility index (Phi) is 5.03. The first-order chi connectivity index (χ1) is 7.72. The van der Waals surface area contributed by atoms with Crippen LogP contribution in [0.25, 0.3) is 0 Å². The normalized spacial score (nSPS) is 12.0. The average Bonchev–Trinajstić information content (AvgIpc) is 2.66. The molecule has 0 saturated carbocycles. The molecule has 0 aliphatic rings. The van der Waals surface area contributed by atoms with E-state index < -0.39 is 0 Å². The molecule has 0 spiro atoms. The summed E-state index contributed by atoms with van der Waals surface area (Å²) in [5.41, 5.74) is 5.00. The molecule has 0 aliphatic carbocycles. The Morgan fingerprint density at radius 3 is 2.94 bits per heavy atom. The van der Waals surface area contributed by atoms with E-state index in [4.69, 9.17) is 5.84 Å². The quantitative estimate of drug-likeness (QED) is 0.449. The first-order valence-electron chi connectivity index (χ1n) is 5.63. The first-order valence-corrected chi connectivity index (χ1v) is 5.63. The summed E-state index contributed by atoms with van der Waals surface area (Å²) in [5, 5.41) is 4.41. The molecule has 1 aromatic rings. The van der Waals surface area contributed by atoms with Crippen LogP contribution in [-0.4, -0.2) is 9.78 Å². The average molecular weight is 220 g/mol. The van der Waals surface area contributed by atoms with Gasteiger partial charge >= 0.3 is 0 Å². The predicted molar refractivity (Wildman–Crippen MR) is 65.4 cm³/mol. The van der Waals surface area contributed by atoms with Gasteiger partial charge in [0.15, 0.2) is 0 Å². The molecule has 0 amide bonds. The molecule has 0 bridgehead atoms. The lowest BCUT2D eigenvalue weighted by Crippen LogP contribution is -2.29. The number of hydrogen-bond acceptors (Lipinski definition) is 3. The zero-order chi connectivity index (χ0) is 12.0. The second kappa shape index (κ2) is 6.31. The molecule has 1 heterocycles. The van der Waals surface area contributed by atoms with E-state index >= 15 is 0 Å². The van der Waals surface area contributed by atoms with Gasteiger partial charge in [-0.05, 0) is 33.3 Å². The molecular weight excluding hydrogens is 200 g/mol. The number of aromatic nitrogens is 2. The van der Waals surface area contributed by atoms with Crippen LogP contribution in [0.1, 0.15) is 44.1 Å². The number of nitrogens with one attached hydrogen (secondary N) is 1. The zero-order valence-electron chi connectivity index (χ0n) is 10.2. The van der Waals surface area contributed by atoms with E-state index in [2.05, 4.69) is 35.4 Å². The molecule has 4 nitrogen and oxygen atoms in total. The van der Waals surface area contributed by atoms with Crippen molar-refractivity contribution < 1.29 is 0 Å². The van der Waals surface area contributed by atoms with Gasteiger partial charge < -0.3 is 0 Å². The van der Waals surface area contributed by atoms with Gasteiger partial charge in [0.25, 0.3) is 0 Å². The van der Waals surface area contributed by atoms with Crippen LogP contribution < -0.4 is 11.3 Å². The number of nitrogens with zero attached hydrogens (tertiary/aromatic N) is 2. The summed E-state index contributed by atoms with van der Waals surface area (Å²) in [5.74, 6) is 11.5. The molecule has 0 aliphatic heterocycles. The van der Waals surface area contributed by atoms with Gasteiger partial charge in [-0.1, -0.05) is 0 Å². The van der Waals surface area contributed by atoms with Crippen molar-refractivity contribution in [1.82, 2.24) is 15.2 Å². The summed E-state index contributed by atoms with van der Waals surface area (Å²) in [7, 11) is 0. The highest BCUT2D eigenvalue weighted by Crippen LogP contribution is 2.18. The third-order valence-corrected chi connectivity index (χ3v) is 2.53. The number of nitrogens with two attached hydrogens (primary N) is 1. The third kappa shape index (κ3) is 3.09. The van der Waals surface area contributed by atoms with Crippen molar-refractivity contribution in [2.24, 2.45) is 5.84 Å². The Morgan fingerprint density at radius 2 is 2.38 bits per heavy atom. The molecule has 0 radical (unpaired) electrons.